The summed E-state index contributed by atoms with van der Waals surface area (Å²) in [5, 5.41) is 3.58. The lowest BCUT2D eigenvalue weighted by atomic mass is 10.2. The fourth-order valence-corrected chi connectivity index (χ4v) is 1.53. The Bertz CT molecular complexity index is 475. The maximum Gasteiger partial charge on any atom is 0.439 e. The third-order valence-corrected chi connectivity index (χ3v) is 2.21. The summed E-state index contributed by atoms with van der Waals surface area (Å²) in [7, 11) is 0. The van der Waals surface area contributed by atoms with Crippen molar-refractivity contribution in [3.05, 3.63) is 38.4 Å². The van der Waals surface area contributed by atoms with E-state index in [1.54, 1.807) is 0 Å². The van der Waals surface area contributed by atoms with Gasteiger partial charge in [-0.3, -0.25) is 9.51 Å². The summed E-state index contributed by atoms with van der Waals surface area (Å²) in [6.07, 6.45) is 0. The van der Waals surface area contributed by atoms with Crippen molar-refractivity contribution in [1.29, 1.82) is 0 Å². The molecule has 0 saturated heterocycles. The fraction of sp³-hybridized carbons (Fsp3) is 0. The van der Waals surface area contributed by atoms with Crippen LogP contribution in [0.1, 0.15) is 0 Å². The summed E-state index contributed by atoms with van der Waals surface area (Å²) >= 11 is 2.19. The van der Waals surface area contributed by atoms with Gasteiger partial charge in [-0.05, 0) is 34.7 Å². The molecule has 0 unspecified atom stereocenters. The van der Waals surface area contributed by atoms with Gasteiger partial charge in [0, 0.05) is 9.13 Å². The molecule has 2 aromatic rings. The van der Waals surface area contributed by atoms with Crippen molar-refractivity contribution in [2.24, 2.45) is 0 Å². The summed E-state index contributed by atoms with van der Waals surface area (Å²) < 4.78 is 5.48. The minimum Gasteiger partial charge on any atom is -0.296 e. The number of aromatic amines is 1. The van der Waals surface area contributed by atoms with E-state index in [4.69, 9.17) is 0 Å². The molecular formula is C8H5IN2O2. The Morgan fingerprint density at radius 2 is 2.31 bits per heavy atom. The van der Waals surface area contributed by atoms with E-state index < -0.39 is 5.76 Å². The van der Waals surface area contributed by atoms with Gasteiger partial charge in [-0.2, -0.15) is 0 Å². The highest BCUT2D eigenvalue weighted by Gasteiger charge is 2.03. The molecule has 1 heterocycles. The van der Waals surface area contributed by atoms with E-state index in [1.807, 2.05) is 24.3 Å². The minimum absolute atomic E-state index is 0.462. The second kappa shape index (κ2) is 3.33. The van der Waals surface area contributed by atoms with E-state index >= 15 is 0 Å². The first-order chi connectivity index (χ1) is 6.25. The highest BCUT2D eigenvalue weighted by atomic mass is 127. The molecule has 0 amide bonds. The van der Waals surface area contributed by atoms with Crippen LogP contribution in [0.25, 0.3) is 11.4 Å². The summed E-state index contributed by atoms with van der Waals surface area (Å²) in [6, 6.07) is 7.62. The van der Waals surface area contributed by atoms with Crippen molar-refractivity contribution >= 4 is 22.6 Å². The summed E-state index contributed by atoms with van der Waals surface area (Å²) in [5.74, 6) is -0.0719. The predicted molar refractivity (Wildman–Crippen MR) is 55.3 cm³/mol. The van der Waals surface area contributed by atoms with E-state index in [9.17, 15) is 4.79 Å². The molecule has 0 aliphatic rings. The highest BCUT2D eigenvalue weighted by molar-refractivity contribution is 14.1. The standard InChI is InChI=1S/C8H5IN2O2/c9-6-3-1-2-5(4-6)7-10-8(12)13-11-7/h1-4H,(H,10,11,12). The van der Waals surface area contributed by atoms with Crippen molar-refractivity contribution in [3.63, 3.8) is 0 Å². The lowest BCUT2D eigenvalue weighted by Crippen LogP contribution is -1.94. The van der Waals surface area contributed by atoms with Gasteiger partial charge in [0.25, 0.3) is 0 Å². The van der Waals surface area contributed by atoms with Gasteiger partial charge in [0.1, 0.15) is 0 Å². The zero-order valence-electron chi connectivity index (χ0n) is 6.45. The van der Waals surface area contributed by atoms with Gasteiger partial charge in [0.15, 0.2) is 5.82 Å². The van der Waals surface area contributed by atoms with Gasteiger partial charge < -0.3 is 0 Å². The van der Waals surface area contributed by atoms with Crippen LogP contribution in [-0.4, -0.2) is 10.1 Å². The zero-order chi connectivity index (χ0) is 9.26. The van der Waals surface area contributed by atoms with Gasteiger partial charge in [-0.15, -0.1) is 0 Å². The van der Waals surface area contributed by atoms with Crippen molar-refractivity contribution in [2.75, 3.05) is 0 Å². The number of rotatable bonds is 1. The molecule has 0 bridgehead atoms. The van der Waals surface area contributed by atoms with Crippen LogP contribution in [0.4, 0.5) is 0 Å². The normalized spacial score (nSPS) is 10.2. The number of benzene rings is 1. The molecule has 4 nitrogen and oxygen atoms in total. The Morgan fingerprint density at radius 3 is 2.92 bits per heavy atom. The second-order valence-corrected chi connectivity index (χ2v) is 3.70. The van der Waals surface area contributed by atoms with E-state index in [0.717, 1.165) is 9.13 Å². The number of H-pyrrole nitrogens is 1. The molecule has 66 valence electrons. The Kier molecular flexibility index (Phi) is 2.17. The van der Waals surface area contributed by atoms with Crippen LogP contribution in [0.2, 0.25) is 0 Å². The summed E-state index contributed by atoms with van der Waals surface area (Å²) in [6.45, 7) is 0. The molecule has 2 rings (SSSR count). The number of hydrogen-bond acceptors (Lipinski definition) is 3. The quantitative estimate of drug-likeness (QED) is 0.811. The molecule has 0 aliphatic carbocycles. The number of halogens is 1. The van der Waals surface area contributed by atoms with Crippen LogP contribution >= 0.6 is 22.6 Å². The van der Waals surface area contributed by atoms with E-state index in [1.165, 1.54) is 0 Å². The number of nitrogens with one attached hydrogen (secondary N) is 1. The molecule has 1 N–H and O–H groups in total. The van der Waals surface area contributed by atoms with Gasteiger partial charge in [0.2, 0.25) is 0 Å². The Balaban J connectivity index is 2.52. The first-order valence-electron chi connectivity index (χ1n) is 3.57. The predicted octanol–water partition coefficient (Wildman–Crippen LogP) is 1.63. The molecule has 13 heavy (non-hydrogen) atoms. The molecule has 1 aromatic heterocycles. The Morgan fingerprint density at radius 1 is 1.46 bits per heavy atom. The van der Waals surface area contributed by atoms with Crippen LogP contribution in [-0.2, 0) is 0 Å². The molecule has 0 atom stereocenters. The van der Waals surface area contributed by atoms with Gasteiger partial charge in [0.05, 0.1) is 0 Å². The molecule has 0 aliphatic heterocycles. The topological polar surface area (TPSA) is 58.9 Å². The largest absolute Gasteiger partial charge is 0.439 e. The molecule has 0 spiro atoms. The van der Waals surface area contributed by atoms with E-state index in [2.05, 4.69) is 37.3 Å². The zero-order valence-corrected chi connectivity index (χ0v) is 8.61. The first kappa shape index (κ1) is 8.49. The summed E-state index contributed by atoms with van der Waals surface area (Å²) in [5.41, 5.74) is 0.845. The van der Waals surface area contributed by atoms with Gasteiger partial charge >= 0.3 is 5.76 Å². The van der Waals surface area contributed by atoms with Gasteiger partial charge in [-0.25, -0.2) is 4.79 Å². The van der Waals surface area contributed by atoms with E-state index in [0.29, 0.717) is 5.82 Å². The molecule has 5 heteroatoms. The average molecular weight is 288 g/mol. The van der Waals surface area contributed by atoms with Gasteiger partial charge in [-0.1, -0.05) is 17.3 Å². The maximum atomic E-state index is 10.7. The highest BCUT2D eigenvalue weighted by Crippen LogP contribution is 2.15. The molecular weight excluding hydrogens is 283 g/mol. The monoisotopic (exact) mass is 288 g/mol. The van der Waals surface area contributed by atoms with Crippen LogP contribution < -0.4 is 5.76 Å². The van der Waals surface area contributed by atoms with Crippen LogP contribution in [0.5, 0.6) is 0 Å². The minimum atomic E-state index is -0.533. The van der Waals surface area contributed by atoms with Crippen LogP contribution in [0, 0.1) is 3.57 Å². The molecule has 0 fully saturated rings. The number of aromatic nitrogens is 2. The lowest BCUT2D eigenvalue weighted by Gasteiger charge is -1.94. The van der Waals surface area contributed by atoms with Crippen molar-refractivity contribution in [3.8, 4) is 11.4 Å². The van der Waals surface area contributed by atoms with Crippen molar-refractivity contribution in [1.82, 2.24) is 10.1 Å². The molecule has 0 radical (unpaired) electrons. The Hall–Kier alpha value is -1.11. The molecule has 0 saturated carbocycles. The smallest absolute Gasteiger partial charge is 0.296 e. The summed E-state index contributed by atoms with van der Waals surface area (Å²) in [4.78, 5) is 13.1. The Labute approximate surface area is 87.1 Å². The fourth-order valence-electron chi connectivity index (χ4n) is 0.990. The lowest BCUT2D eigenvalue weighted by molar-refractivity contribution is 0.388. The molecule has 1 aromatic carbocycles. The van der Waals surface area contributed by atoms with Crippen LogP contribution in [0.3, 0.4) is 0 Å². The van der Waals surface area contributed by atoms with Crippen molar-refractivity contribution < 1.29 is 4.52 Å². The third-order valence-electron chi connectivity index (χ3n) is 1.54. The SMILES string of the molecule is O=c1[nH]c(-c2cccc(I)c2)no1. The van der Waals surface area contributed by atoms with E-state index in [-0.39, 0.29) is 0 Å². The average Bonchev–Trinajstić information content (AvgIpc) is 2.52. The number of nitrogens with zero attached hydrogens (tertiary/aromatic N) is 1. The number of hydrogen-bond donors (Lipinski definition) is 1. The first-order valence-corrected chi connectivity index (χ1v) is 4.65. The maximum absolute atomic E-state index is 10.7. The van der Waals surface area contributed by atoms with Crippen molar-refractivity contribution in [2.45, 2.75) is 0 Å². The van der Waals surface area contributed by atoms with Crippen LogP contribution in [0.15, 0.2) is 33.6 Å². The second-order valence-electron chi connectivity index (χ2n) is 2.45. The third kappa shape index (κ3) is 1.80.